The molecule has 2 aromatic heterocycles. The molecule has 0 aliphatic rings. The van der Waals surface area contributed by atoms with Crippen LogP contribution in [0.5, 0.6) is 0 Å². The summed E-state index contributed by atoms with van der Waals surface area (Å²) in [7, 11) is 1.90. The molecule has 0 bridgehead atoms. The number of H-pyrrole nitrogens is 1. The number of benzene rings is 1. The van der Waals surface area contributed by atoms with E-state index in [0.29, 0.717) is 12.5 Å². The van der Waals surface area contributed by atoms with Gasteiger partial charge in [-0.1, -0.05) is 6.07 Å². The zero-order chi connectivity index (χ0) is 14.1. The Bertz CT molecular complexity index is 819. The summed E-state index contributed by atoms with van der Waals surface area (Å²) in [4.78, 5) is 21.1. The maximum absolute atomic E-state index is 11.1. The molecule has 0 saturated carbocycles. The van der Waals surface area contributed by atoms with Crippen LogP contribution in [0.3, 0.4) is 0 Å². The average Bonchev–Trinajstić information content (AvgIpc) is 2.76. The fourth-order valence-corrected chi connectivity index (χ4v) is 2.20. The van der Waals surface area contributed by atoms with E-state index in [9.17, 15) is 4.79 Å². The Labute approximate surface area is 114 Å². The number of hydrogen-bond acceptors (Lipinski definition) is 5. The Morgan fingerprint density at radius 2 is 2.20 bits per heavy atom. The summed E-state index contributed by atoms with van der Waals surface area (Å²) >= 11 is 0. The molecule has 3 aromatic rings. The maximum Gasteiger partial charge on any atom is 0.349 e. The van der Waals surface area contributed by atoms with Crippen molar-refractivity contribution >= 4 is 16.9 Å². The van der Waals surface area contributed by atoms with Crippen molar-refractivity contribution in [1.29, 1.82) is 0 Å². The second-order valence-electron chi connectivity index (χ2n) is 4.67. The van der Waals surface area contributed by atoms with Gasteiger partial charge in [0.1, 0.15) is 6.33 Å². The lowest BCUT2D eigenvalue weighted by Gasteiger charge is -2.06. The van der Waals surface area contributed by atoms with Crippen LogP contribution < -0.4 is 11.0 Å². The molecule has 7 heteroatoms. The lowest BCUT2D eigenvalue weighted by atomic mass is 10.1. The van der Waals surface area contributed by atoms with Gasteiger partial charge in [0.2, 0.25) is 5.95 Å². The minimum atomic E-state index is -0.422. The number of nitrogens with zero attached hydrogens (tertiary/aromatic N) is 4. The molecule has 0 atom stereocenters. The van der Waals surface area contributed by atoms with Crippen LogP contribution in [-0.4, -0.2) is 24.7 Å². The van der Waals surface area contributed by atoms with Crippen LogP contribution in [0.1, 0.15) is 11.1 Å². The summed E-state index contributed by atoms with van der Waals surface area (Å²) in [5, 5.41) is 8.63. The molecule has 7 nitrogen and oxygen atoms in total. The third kappa shape index (κ3) is 2.37. The van der Waals surface area contributed by atoms with Crippen LogP contribution >= 0.6 is 0 Å². The van der Waals surface area contributed by atoms with Crippen molar-refractivity contribution in [1.82, 2.24) is 24.7 Å². The first-order valence-corrected chi connectivity index (χ1v) is 6.20. The van der Waals surface area contributed by atoms with E-state index in [1.165, 1.54) is 11.9 Å². The lowest BCUT2D eigenvalue weighted by Crippen LogP contribution is -2.14. The molecule has 2 heterocycles. The molecule has 20 heavy (non-hydrogen) atoms. The summed E-state index contributed by atoms with van der Waals surface area (Å²) in [5.74, 6) is 0.399. The van der Waals surface area contributed by atoms with Crippen LogP contribution in [0.2, 0.25) is 0 Å². The number of nitrogens with one attached hydrogen (secondary N) is 2. The second kappa shape index (κ2) is 4.76. The number of aromatic nitrogens is 5. The van der Waals surface area contributed by atoms with E-state index < -0.39 is 5.69 Å². The van der Waals surface area contributed by atoms with Gasteiger partial charge in [-0.3, -0.25) is 9.67 Å². The number of hydrogen-bond donors (Lipinski definition) is 2. The van der Waals surface area contributed by atoms with Gasteiger partial charge in [-0.05, 0) is 24.1 Å². The number of rotatable bonds is 3. The molecule has 2 N–H and O–H groups in total. The van der Waals surface area contributed by atoms with Crippen molar-refractivity contribution in [2.24, 2.45) is 7.05 Å². The highest BCUT2D eigenvalue weighted by Crippen LogP contribution is 2.20. The summed E-state index contributed by atoms with van der Waals surface area (Å²) in [6, 6.07) is 4.17. The fourth-order valence-electron chi connectivity index (χ4n) is 2.20. The fraction of sp³-hybridized carbons (Fsp3) is 0.231. The van der Waals surface area contributed by atoms with Crippen molar-refractivity contribution in [2.45, 2.75) is 13.5 Å². The molecule has 0 aliphatic heterocycles. The standard InChI is InChI=1S/C13H14N6O/c1-8-3-9(11-10(4-8)6-19(2)18-11)5-14-12-15-7-16-13(20)17-12/h3-4,6-7H,5H2,1-2H3,(H2,14,15,16,17,20). The van der Waals surface area contributed by atoms with Crippen molar-refractivity contribution in [3.05, 3.63) is 46.3 Å². The minimum absolute atomic E-state index is 0.399. The van der Waals surface area contributed by atoms with Gasteiger partial charge in [0.25, 0.3) is 0 Å². The number of aryl methyl sites for hydroxylation is 2. The third-order valence-electron chi connectivity index (χ3n) is 2.98. The SMILES string of the molecule is Cc1cc(CNc2ncnc(=O)[nH]2)c2nn(C)cc2c1. The monoisotopic (exact) mass is 270 g/mol. The Morgan fingerprint density at radius 3 is 3.00 bits per heavy atom. The molecule has 0 spiro atoms. The first-order chi connectivity index (χ1) is 9.61. The largest absolute Gasteiger partial charge is 0.351 e. The molecule has 0 saturated heterocycles. The Balaban J connectivity index is 1.92. The first kappa shape index (κ1) is 12.3. The number of aromatic amines is 1. The second-order valence-corrected chi connectivity index (χ2v) is 4.67. The molecule has 3 rings (SSSR count). The quantitative estimate of drug-likeness (QED) is 0.740. The Hall–Kier alpha value is -2.70. The van der Waals surface area contributed by atoms with Gasteiger partial charge in [-0.25, -0.2) is 9.78 Å². The van der Waals surface area contributed by atoms with E-state index in [1.807, 2.05) is 20.2 Å². The van der Waals surface area contributed by atoms with Gasteiger partial charge in [-0.15, -0.1) is 0 Å². The van der Waals surface area contributed by atoms with E-state index in [1.54, 1.807) is 4.68 Å². The van der Waals surface area contributed by atoms with Crippen molar-refractivity contribution in [3.63, 3.8) is 0 Å². The highest BCUT2D eigenvalue weighted by molar-refractivity contribution is 5.82. The number of fused-ring (bicyclic) bond motifs is 1. The summed E-state index contributed by atoms with van der Waals surface area (Å²) < 4.78 is 1.79. The zero-order valence-electron chi connectivity index (χ0n) is 11.2. The maximum atomic E-state index is 11.1. The van der Waals surface area contributed by atoms with Gasteiger partial charge >= 0.3 is 5.69 Å². The van der Waals surface area contributed by atoms with Gasteiger partial charge in [0.05, 0.1) is 5.52 Å². The van der Waals surface area contributed by atoms with Gasteiger partial charge in [0.15, 0.2) is 0 Å². The predicted molar refractivity (Wildman–Crippen MR) is 75.4 cm³/mol. The number of anilines is 1. The highest BCUT2D eigenvalue weighted by atomic mass is 16.1. The Kier molecular flexibility index (Phi) is 2.94. The molecule has 0 amide bonds. The minimum Gasteiger partial charge on any atom is -0.351 e. The van der Waals surface area contributed by atoms with Crippen LogP contribution in [0, 0.1) is 6.92 Å². The molecule has 0 fully saturated rings. The van der Waals surface area contributed by atoms with Crippen LogP contribution in [0.15, 0.2) is 29.5 Å². The van der Waals surface area contributed by atoms with Crippen molar-refractivity contribution in [2.75, 3.05) is 5.32 Å². The van der Waals surface area contributed by atoms with E-state index in [4.69, 9.17) is 0 Å². The molecule has 1 aromatic carbocycles. The molecule has 102 valence electrons. The van der Waals surface area contributed by atoms with Crippen LogP contribution in [0.4, 0.5) is 5.95 Å². The molecule has 0 radical (unpaired) electrons. The lowest BCUT2D eigenvalue weighted by molar-refractivity contribution is 0.778. The third-order valence-corrected chi connectivity index (χ3v) is 2.98. The zero-order valence-corrected chi connectivity index (χ0v) is 11.2. The van der Waals surface area contributed by atoms with Gasteiger partial charge in [0, 0.05) is 25.2 Å². The summed E-state index contributed by atoms with van der Waals surface area (Å²) in [6.07, 6.45) is 3.21. The molecular formula is C13H14N6O. The molecule has 0 unspecified atom stereocenters. The van der Waals surface area contributed by atoms with Gasteiger partial charge in [-0.2, -0.15) is 10.1 Å². The molecular weight excluding hydrogens is 256 g/mol. The predicted octanol–water partition coefficient (Wildman–Crippen LogP) is 0.972. The highest BCUT2D eigenvalue weighted by Gasteiger charge is 2.07. The average molecular weight is 270 g/mol. The first-order valence-electron chi connectivity index (χ1n) is 6.20. The summed E-state index contributed by atoms with van der Waals surface area (Å²) in [5.41, 5.74) is 2.75. The van der Waals surface area contributed by atoms with Crippen molar-refractivity contribution < 1.29 is 0 Å². The van der Waals surface area contributed by atoms with E-state index >= 15 is 0 Å². The smallest absolute Gasteiger partial charge is 0.349 e. The molecule has 0 aliphatic carbocycles. The topological polar surface area (TPSA) is 88.5 Å². The van der Waals surface area contributed by atoms with E-state index in [0.717, 1.165) is 16.5 Å². The van der Waals surface area contributed by atoms with Gasteiger partial charge < -0.3 is 5.32 Å². The summed E-state index contributed by atoms with van der Waals surface area (Å²) in [6.45, 7) is 2.57. The van der Waals surface area contributed by atoms with Crippen LogP contribution in [0.25, 0.3) is 10.9 Å². The Morgan fingerprint density at radius 1 is 1.35 bits per heavy atom. The normalized spacial score (nSPS) is 10.9. The van der Waals surface area contributed by atoms with E-state index in [-0.39, 0.29) is 0 Å². The van der Waals surface area contributed by atoms with Crippen molar-refractivity contribution in [3.8, 4) is 0 Å². The van der Waals surface area contributed by atoms with Crippen LogP contribution in [-0.2, 0) is 13.6 Å². The van der Waals surface area contributed by atoms with E-state index in [2.05, 4.69) is 37.5 Å².